The van der Waals surface area contributed by atoms with Crippen LogP contribution in [0.2, 0.25) is 0 Å². The fourth-order valence-corrected chi connectivity index (χ4v) is 4.22. The van der Waals surface area contributed by atoms with Crippen molar-refractivity contribution in [2.75, 3.05) is 0 Å². The lowest BCUT2D eigenvalue weighted by Crippen LogP contribution is -2.49. The number of nitrogens with one attached hydrogen (secondary N) is 2. The number of sulfonamides is 1. The van der Waals surface area contributed by atoms with Gasteiger partial charge in [0.15, 0.2) is 0 Å². The number of aromatic nitrogens is 3. The molecule has 2 N–H and O–H groups in total. The highest BCUT2D eigenvalue weighted by atomic mass is 32.2. The van der Waals surface area contributed by atoms with Crippen molar-refractivity contribution in [2.45, 2.75) is 31.3 Å². The number of rotatable bonds is 8. The Balaban J connectivity index is 1.66. The number of carbonyl (C=O) groups is 1. The summed E-state index contributed by atoms with van der Waals surface area (Å²) in [6.07, 6.45) is 3.01. The van der Waals surface area contributed by atoms with E-state index in [-0.39, 0.29) is 12.5 Å². The zero-order valence-electron chi connectivity index (χ0n) is 16.5. The molecule has 3 rings (SSSR count). The Kier molecular flexibility index (Phi) is 6.58. The zero-order chi connectivity index (χ0) is 21.7. The molecule has 8 nitrogen and oxygen atoms in total. The van der Waals surface area contributed by atoms with E-state index in [1.54, 1.807) is 24.9 Å². The van der Waals surface area contributed by atoms with Crippen molar-refractivity contribution in [2.24, 2.45) is 5.92 Å². The molecule has 1 aromatic heterocycles. The number of benzene rings is 2. The highest BCUT2D eigenvalue weighted by molar-refractivity contribution is 7.89. The molecule has 1 amide bonds. The Morgan fingerprint density at radius 3 is 2.43 bits per heavy atom. The number of amides is 1. The lowest BCUT2D eigenvalue weighted by molar-refractivity contribution is -0.123. The Bertz CT molecular complexity index is 1100. The van der Waals surface area contributed by atoms with Gasteiger partial charge in [0.2, 0.25) is 15.9 Å². The van der Waals surface area contributed by atoms with Gasteiger partial charge >= 0.3 is 0 Å². The maximum atomic E-state index is 13.9. The third kappa shape index (κ3) is 5.08. The molecule has 0 aliphatic rings. The second kappa shape index (κ2) is 9.14. The van der Waals surface area contributed by atoms with Crippen molar-refractivity contribution in [3.63, 3.8) is 0 Å². The molecule has 30 heavy (non-hydrogen) atoms. The molecular weight excluding hydrogens is 409 g/mol. The van der Waals surface area contributed by atoms with Gasteiger partial charge in [0.1, 0.15) is 29.4 Å². The fourth-order valence-electron chi connectivity index (χ4n) is 2.79. The lowest BCUT2D eigenvalue weighted by atomic mass is 10.0. The average Bonchev–Trinajstić information content (AvgIpc) is 3.25. The first-order chi connectivity index (χ1) is 14.3. The number of halogens is 1. The first kappa shape index (κ1) is 21.6. The van der Waals surface area contributed by atoms with Gasteiger partial charge in [0.05, 0.1) is 5.69 Å². The molecule has 3 aromatic rings. The second-order valence-electron chi connectivity index (χ2n) is 7.00. The van der Waals surface area contributed by atoms with Crippen LogP contribution in [0.5, 0.6) is 0 Å². The Morgan fingerprint density at radius 2 is 1.83 bits per heavy atom. The SMILES string of the molecule is CC(C)[C@H](NS(=O)(=O)c1ccccc1F)C(=O)NCc1ccc(-n2cncn2)cc1. The predicted octanol–water partition coefficient (Wildman–Crippen LogP) is 2.03. The van der Waals surface area contributed by atoms with E-state index < -0.39 is 32.7 Å². The monoisotopic (exact) mass is 431 g/mol. The van der Waals surface area contributed by atoms with Crippen LogP contribution in [0.4, 0.5) is 4.39 Å². The molecule has 0 saturated carbocycles. The molecule has 158 valence electrons. The molecular formula is C20H22FN5O3S. The van der Waals surface area contributed by atoms with Crippen LogP contribution in [0.3, 0.4) is 0 Å². The van der Waals surface area contributed by atoms with E-state index in [9.17, 15) is 17.6 Å². The third-order valence-corrected chi connectivity index (χ3v) is 5.92. The molecule has 0 bridgehead atoms. The largest absolute Gasteiger partial charge is 0.351 e. The maximum absolute atomic E-state index is 13.9. The average molecular weight is 431 g/mol. The zero-order valence-corrected chi connectivity index (χ0v) is 17.3. The molecule has 0 aliphatic carbocycles. The van der Waals surface area contributed by atoms with Crippen LogP contribution in [0, 0.1) is 11.7 Å². The quantitative estimate of drug-likeness (QED) is 0.568. The minimum atomic E-state index is -4.20. The molecule has 0 spiro atoms. The molecule has 10 heteroatoms. The number of hydrogen-bond acceptors (Lipinski definition) is 5. The van der Waals surface area contributed by atoms with E-state index in [2.05, 4.69) is 20.1 Å². The smallest absolute Gasteiger partial charge is 0.244 e. The summed E-state index contributed by atoms with van der Waals surface area (Å²) in [5, 5.41) is 6.77. The van der Waals surface area contributed by atoms with Crippen LogP contribution in [0.25, 0.3) is 5.69 Å². The molecule has 0 unspecified atom stereocenters. The summed E-state index contributed by atoms with van der Waals surface area (Å²) < 4.78 is 42.9. The highest BCUT2D eigenvalue weighted by Crippen LogP contribution is 2.16. The summed E-state index contributed by atoms with van der Waals surface area (Å²) in [4.78, 5) is 16.0. The van der Waals surface area contributed by atoms with Crippen molar-refractivity contribution >= 4 is 15.9 Å². The minimum absolute atomic E-state index is 0.209. The van der Waals surface area contributed by atoms with Crippen LogP contribution in [-0.4, -0.2) is 35.1 Å². The summed E-state index contributed by atoms with van der Waals surface area (Å²) in [5.41, 5.74) is 1.65. The Hall–Kier alpha value is -3.11. The third-order valence-electron chi connectivity index (χ3n) is 4.44. The van der Waals surface area contributed by atoms with Gasteiger partial charge in [-0.2, -0.15) is 9.82 Å². The second-order valence-corrected chi connectivity index (χ2v) is 8.68. The van der Waals surface area contributed by atoms with Crippen LogP contribution in [0.1, 0.15) is 19.4 Å². The van der Waals surface area contributed by atoms with Gasteiger partial charge in [-0.25, -0.2) is 22.5 Å². The van der Waals surface area contributed by atoms with E-state index in [1.165, 1.54) is 18.5 Å². The molecule has 0 saturated heterocycles. The van der Waals surface area contributed by atoms with Gasteiger partial charge in [-0.05, 0) is 35.7 Å². The van der Waals surface area contributed by atoms with Gasteiger partial charge in [-0.15, -0.1) is 0 Å². The first-order valence-electron chi connectivity index (χ1n) is 9.26. The van der Waals surface area contributed by atoms with Gasteiger partial charge in [-0.1, -0.05) is 38.1 Å². The number of hydrogen-bond donors (Lipinski definition) is 2. The highest BCUT2D eigenvalue weighted by Gasteiger charge is 2.29. The van der Waals surface area contributed by atoms with Gasteiger partial charge < -0.3 is 5.32 Å². The van der Waals surface area contributed by atoms with Gasteiger partial charge in [0.25, 0.3) is 0 Å². The van der Waals surface area contributed by atoms with Crippen LogP contribution in [0.15, 0.2) is 66.1 Å². The minimum Gasteiger partial charge on any atom is -0.351 e. The van der Waals surface area contributed by atoms with Gasteiger partial charge in [-0.3, -0.25) is 4.79 Å². The van der Waals surface area contributed by atoms with Crippen LogP contribution in [-0.2, 0) is 21.4 Å². The summed E-state index contributed by atoms with van der Waals surface area (Å²) >= 11 is 0. The number of nitrogens with zero attached hydrogens (tertiary/aromatic N) is 3. The molecule has 0 aliphatic heterocycles. The van der Waals surface area contributed by atoms with E-state index in [0.717, 1.165) is 23.4 Å². The molecule has 1 atom stereocenters. The molecule has 0 fully saturated rings. The first-order valence-corrected chi connectivity index (χ1v) is 10.7. The van der Waals surface area contributed by atoms with E-state index in [1.807, 2.05) is 24.3 Å². The summed E-state index contributed by atoms with van der Waals surface area (Å²) in [7, 11) is -4.20. The van der Waals surface area contributed by atoms with Crippen LogP contribution >= 0.6 is 0 Å². The fraction of sp³-hybridized carbons (Fsp3) is 0.250. The Labute approximate surface area is 174 Å². The van der Waals surface area contributed by atoms with E-state index in [4.69, 9.17) is 0 Å². The molecule has 2 aromatic carbocycles. The van der Waals surface area contributed by atoms with Crippen molar-refractivity contribution in [1.82, 2.24) is 24.8 Å². The van der Waals surface area contributed by atoms with Crippen molar-refractivity contribution < 1.29 is 17.6 Å². The normalized spacial score (nSPS) is 12.7. The van der Waals surface area contributed by atoms with Gasteiger partial charge in [0, 0.05) is 6.54 Å². The molecule has 0 radical (unpaired) electrons. The summed E-state index contributed by atoms with van der Waals surface area (Å²) in [6.45, 7) is 3.63. The van der Waals surface area contributed by atoms with Crippen molar-refractivity contribution in [3.05, 3.63) is 72.6 Å². The van der Waals surface area contributed by atoms with Crippen LogP contribution < -0.4 is 10.0 Å². The van der Waals surface area contributed by atoms with Crippen molar-refractivity contribution in [3.8, 4) is 5.69 Å². The predicted molar refractivity (Wildman–Crippen MR) is 109 cm³/mol. The number of carbonyl (C=O) groups excluding carboxylic acids is 1. The lowest BCUT2D eigenvalue weighted by Gasteiger charge is -2.22. The Morgan fingerprint density at radius 1 is 1.13 bits per heavy atom. The topological polar surface area (TPSA) is 106 Å². The molecule has 1 heterocycles. The maximum Gasteiger partial charge on any atom is 0.244 e. The summed E-state index contributed by atoms with van der Waals surface area (Å²) in [5.74, 6) is -1.72. The standard InChI is InChI=1S/C20H22FN5O3S/c1-14(2)19(25-30(28,29)18-6-4-3-5-17(18)21)20(27)23-11-15-7-9-16(10-8-15)26-13-22-12-24-26/h3-10,12-14,19,25H,11H2,1-2H3,(H,23,27)/t19-/m0/s1. The van der Waals surface area contributed by atoms with E-state index >= 15 is 0 Å². The summed E-state index contributed by atoms with van der Waals surface area (Å²) in [6, 6.07) is 11.3. The van der Waals surface area contributed by atoms with E-state index in [0.29, 0.717) is 0 Å². The van der Waals surface area contributed by atoms with Crippen molar-refractivity contribution in [1.29, 1.82) is 0 Å².